The second-order valence-corrected chi connectivity index (χ2v) is 5.81. The molecule has 1 amide bonds. The van der Waals surface area contributed by atoms with E-state index in [9.17, 15) is 4.79 Å². The van der Waals surface area contributed by atoms with Gasteiger partial charge in [0.25, 0.3) is 5.91 Å². The number of benzene rings is 2. The number of para-hydroxylation sites is 3. The van der Waals surface area contributed by atoms with Gasteiger partial charge in [-0.3, -0.25) is 4.79 Å². The molecule has 0 bridgehead atoms. The van der Waals surface area contributed by atoms with Gasteiger partial charge in [0.1, 0.15) is 6.61 Å². The lowest BCUT2D eigenvalue weighted by atomic mass is 10.2. The van der Waals surface area contributed by atoms with Crippen LogP contribution in [0.2, 0.25) is 0 Å². The second kappa shape index (κ2) is 6.32. The zero-order valence-corrected chi connectivity index (χ0v) is 13.7. The molecule has 2 aromatic carbocycles. The topological polar surface area (TPSA) is 64.9 Å². The molecule has 1 aliphatic rings. The molecular weight excluding hydrogens is 318 g/mol. The summed E-state index contributed by atoms with van der Waals surface area (Å²) in [7, 11) is 1.98. The normalized spacial score (nSPS) is 16.3. The molecule has 1 N–H and O–H groups in total. The lowest BCUT2D eigenvalue weighted by Gasteiger charge is -2.24. The largest absolute Gasteiger partial charge is 0.485 e. The van der Waals surface area contributed by atoms with Crippen molar-refractivity contribution in [2.24, 2.45) is 12.1 Å². The molecule has 25 heavy (non-hydrogen) atoms. The molecule has 2 heterocycles. The minimum atomic E-state index is -0.723. The number of hydrogen-bond acceptors (Lipinski definition) is 4. The molecule has 0 saturated carbocycles. The quantitative estimate of drug-likeness (QED) is 0.591. The summed E-state index contributed by atoms with van der Waals surface area (Å²) in [4.78, 5) is 12.2. The van der Waals surface area contributed by atoms with E-state index in [0.717, 1.165) is 16.5 Å². The molecule has 6 heteroatoms. The van der Waals surface area contributed by atoms with Gasteiger partial charge in [0, 0.05) is 29.7 Å². The van der Waals surface area contributed by atoms with Crippen LogP contribution < -0.4 is 14.9 Å². The Balaban J connectivity index is 1.44. The zero-order chi connectivity index (χ0) is 17.2. The molecule has 1 aliphatic heterocycles. The van der Waals surface area contributed by atoms with Crippen molar-refractivity contribution in [3.63, 3.8) is 0 Å². The van der Waals surface area contributed by atoms with Crippen molar-refractivity contribution in [1.82, 2.24) is 9.99 Å². The first kappa shape index (κ1) is 15.3. The van der Waals surface area contributed by atoms with Crippen molar-refractivity contribution in [3.05, 3.63) is 60.3 Å². The van der Waals surface area contributed by atoms with Crippen LogP contribution in [0.3, 0.4) is 0 Å². The Morgan fingerprint density at radius 2 is 1.96 bits per heavy atom. The highest BCUT2D eigenvalue weighted by Gasteiger charge is 2.26. The molecule has 3 aromatic rings. The number of ether oxygens (including phenoxy) is 2. The molecule has 1 aromatic heterocycles. The number of nitrogens with zero attached hydrogens (tertiary/aromatic N) is 2. The monoisotopic (exact) mass is 335 g/mol. The molecule has 0 spiro atoms. The number of aromatic nitrogens is 1. The molecule has 0 saturated heterocycles. The molecule has 1 atom stereocenters. The van der Waals surface area contributed by atoms with E-state index in [2.05, 4.69) is 10.5 Å². The van der Waals surface area contributed by atoms with E-state index in [1.54, 1.807) is 12.3 Å². The number of hydrazone groups is 1. The summed E-state index contributed by atoms with van der Waals surface area (Å²) in [5, 5.41) is 5.14. The molecule has 0 unspecified atom stereocenters. The average Bonchev–Trinajstić information content (AvgIpc) is 2.97. The minimum Gasteiger partial charge on any atom is -0.485 e. The summed E-state index contributed by atoms with van der Waals surface area (Å²) in [5.41, 5.74) is 4.56. The molecular formula is C19H17N3O3. The van der Waals surface area contributed by atoms with Gasteiger partial charge in [-0.1, -0.05) is 30.3 Å². The van der Waals surface area contributed by atoms with Crippen LogP contribution in [0.5, 0.6) is 11.5 Å². The fraction of sp³-hybridized carbons (Fsp3) is 0.158. The number of amides is 1. The second-order valence-electron chi connectivity index (χ2n) is 5.81. The first-order chi connectivity index (χ1) is 12.2. The van der Waals surface area contributed by atoms with Gasteiger partial charge in [0.05, 0.1) is 6.21 Å². The zero-order valence-electron chi connectivity index (χ0n) is 13.7. The van der Waals surface area contributed by atoms with Crippen molar-refractivity contribution < 1.29 is 14.3 Å². The van der Waals surface area contributed by atoms with Gasteiger partial charge >= 0.3 is 0 Å². The third-order valence-electron chi connectivity index (χ3n) is 4.11. The summed E-state index contributed by atoms with van der Waals surface area (Å²) >= 11 is 0. The van der Waals surface area contributed by atoms with E-state index in [1.165, 1.54) is 0 Å². The van der Waals surface area contributed by atoms with E-state index < -0.39 is 6.10 Å². The van der Waals surface area contributed by atoms with Crippen LogP contribution in [0.25, 0.3) is 10.9 Å². The highest BCUT2D eigenvalue weighted by molar-refractivity contribution is 5.99. The summed E-state index contributed by atoms with van der Waals surface area (Å²) in [6, 6.07) is 15.3. The summed E-state index contributed by atoms with van der Waals surface area (Å²) in [5.74, 6) is 0.865. The number of nitrogens with one attached hydrogen (secondary N) is 1. The summed E-state index contributed by atoms with van der Waals surface area (Å²) < 4.78 is 13.2. The van der Waals surface area contributed by atoms with Gasteiger partial charge < -0.3 is 14.0 Å². The molecule has 4 rings (SSSR count). The van der Waals surface area contributed by atoms with Crippen LogP contribution in [0.15, 0.2) is 59.8 Å². The predicted molar refractivity (Wildman–Crippen MR) is 95.0 cm³/mol. The van der Waals surface area contributed by atoms with Crippen LogP contribution in [0.4, 0.5) is 0 Å². The Morgan fingerprint density at radius 3 is 2.84 bits per heavy atom. The highest BCUT2D eigenvalue weighted by atomic mass is 16.6. The van der Waals surface area contributed by atoms with Gasteiger partial charge in [-0.2, -0.15) is 5.10 Å². The van der Waals surface area contributed by atoms with Crippen LogP contribution in [0.1, 0.15) is 5.56 Å². The Morgan fingerprint density at radius 1 is 1.20 bits per heavy atom. The summed E-state index contributed by atoms with van der Waals surface area (Å²) in [6.45, 7) is 0.159. The van der Waals surface area contributed by atoms with Gasteiger partial charge in [0.2, 0.25) is 6.10 Å². The van der Waals surface area contributed by atoms with Gasteiger partial charge in [-0.05, 0) is 18.2 Å². The maximum Gasteiger partial charge on any atom is 0.284 e. The van der Waals surface area contributed by atoms with E-state index in [4.69, 9.17) is 9.47 Å². The maximum absolute atomic E-state index is 12.2. The van der Waals surface area contributed by atoms with E-state index in [-0.39, 0.29) is 12.5 Å². The molecule has 6 nitrogen and oxygen atoms in total. The third kappa shape index (κ3) is 2.94. The van der Waals surface area contributed by atoms with Crippen LogP contribution in [-0.4, -0.2) is 29.4 Å². The van der Waals surface area contributed by atoms with Crippen molar-refractivity contribution >= 4 is 23.0 Å². The standard InChI is InChI=1S/C19H17N3O3/c1-22-11-13(14-6-2-3-7-15(14)22)10-20-21-19(23)18-12-24-16-8-4-5-9-17(16)25-18/h2-11,18H,12H2,1H3,(H,21,23)/b20-10+/t18-/m0/s1. The SMILES string of the molecule is Cn1cc(/C=N/NC(=O)[C@@H]2COc3ccccc3O2)c2ccccc21. The average molecular weight is 335 g/mol. The van der Waals surface area contributed by atoms with Crippen molar-refractivity contribution in [1.29, 1.82) is 0 Å². The molecule has 0 radical (unpaired) electrons. The van der Waals surface area contributed by atoms with Crippen LogP contribution in [-0.2, 0) is 11.8 Å². The lowest BCUT2D eigenvalue weighted by Crippen LogP contribution is -2.42. The summed E-state index contributed by atoms with van der Waals surface area (Å²) in [6.07, 6.45) is 2.88. The Bertz CT molecular complexity index is 961. The maximum atomic E-state index is 12.2. The van der Waals surface area contributed by atoms with Crippen molar-refractivity contribution in [2.75, 3.05) is 6.61 Å². The molecule has 0 aliphatic carbocycles. The van der Waals surface area contributed by atoms with Gasteiger partial charge in [-0.15, -0.1) is 0 Å². The fourth-order valence-electron chi connectivity index (χ4n) is 2.86. The van der Waals surface area contributed by atoms with Crippen molar-refractivity contribution in [3.8, 4) is 11.5 Å². The van der Waals surface area contributed by atoms with Crippen molar-refractivity contribution in [2.45, 2.75) is 6.10 Å². The first-order valence-electron chi connectivity index (χ1n) is 7.98. The number of aryl methyl sites for hydroxylation is 1. The van der Waals surface area contributed by atoms with E-state index in [0.29, 0.717) is 11.5 Å². The van der Waals surface area contributed by atoms with Gasteiger partial charge in [0.15, 0.2) is 11.5 Å². The van der Waals surface area contributed by atoms with Gasteiger partial charge in [-0.25, -0.2) is 5.43 Å². The predicted octanol–water partition coefficient (Wildman–Crippen LogP) is 2.47. The van der Waals surface area contributed by atoms with Crippen LogP contribution in [0, 0.1) is 0 Å². The molecule has 0 fully saturated rings. The number of carbonyl (C=O) groups excluding carboxylic acids is 1. The Labute approximate surface area is 144 Å². The molecule has 126 valence electrons. The number of fused-ring (bicyclic) bond motifs is 2. The first-order valence-corrected chi connectivity index (χ1v) is 7.98. The lowest BCUT2D eigenvalue weighted by molar-refractivity contribution is -0.130. The number of carbonyl (C=O) groups is 1. The van der Waals surface area contributed by atoms with E-state index in [1.807, 2.05) is 60.3 Å². The number of rotatable bonds is 3. The minimum absolute atomic E-state index is 0.159. The van der Waals surface area contributed by atoms with E-state index >= 15 is 0 Å². The highest BCUT2D eigenvalue weighted by Crippen LogP contribution is 2.30. The fourth-order valence-corrected chi connectivity index (χ4v) is 2.86. The van der Waals surface area contributed by atoms with Crippen LogP contribution >= 0.6 is 0 Å². The number of hydrogen-bond donors (Lipinski definition) is 1. The third-order valence-corrected chi connectivity index (χ3v) is 4.11. The Kier molecular flexibility index (Phi) is 3.85. The smallest absolute Gasteiger partial charge is 0.284 e. The Hall–Kier alpha value is -3.28.